The third-order valence-electron chi connectivity index (χ3n) is 4.77. The van der Waals surface area contributed by atoms with E-state index in [-0.39, 0.29) is 22.0 Å². The van der Waals surface area contributed by atoms with Gasteiger partial charge in [0.1, 0.15) is 0 Å². The van der Waals surface area contributed by atoms with Crippen molar-refractivity contribution >= 4 is 50.5 Å². The maximum atomic E-state index is 13.4. The minimum Gasteiger partial charge on any atom is -0.320 e. The fourth-order valence-corrected chi connectivity index (χ4v) is 5.44. The molecule has 5 nitrogen and oxygen atoms in total. The number of anilines is 2. The van der Waals surface area contributed by atoms with Crippen LogP contribution in [-0.4, -0.2) is 20.9 Å². The third kappa shape index (κ3) is 4.99. The number of hydrogen-bond acceptors (Lipinski definition) is 3. The van der Waals surface area contributed by atoms with Gasteiger partial charge < -0.3 is 5.32 Å². The SMILES string of the molecule is C=CCN(c1ccccc1Cl)S(=O)(=O)c1cccc(C(=O)Nc2c(C)cc(C)cc2Cl)c1. The van der Waals surface area contributed by atoms with Gasteiger partial charge in [0.25, 0.3) is 15.9 Å². The molecule has 0 saturated heterocycles. The second-order valence-electron chi connectivity index (χ2n) is 7.20. The molecule has 0 radical (unpaired) electrons. The van der Waals surface area contributed by atoms with Crippen molar-refractivity contribution < 1.29 is 13.2 Å². The van der Waals surface area contributed by atoms with Crippen LogP contribution in [0.4, 0.5) is 11.4 Å². The van der Waals surface area contributed by atoms with Crippen molar-refractivity contribution in [1.29, 1.82) is 0 Å². The van der Waals surface area contributed by atoms with E-state index in [1.807, 2.05) is 19.9 Å². The van der Waals surface area contributed by atoms with E-state index in [0.29, 0.717) is 16.4 Å². The first kappa shape index (κ1) is 23.9. The minimum atomic E-state index is -4.02. The molecule has 0 fully saturated rings. The molecule has 3 aromatic rings. The van der Waals surface area contributed by atoms with Crippen LogP contribution in [0.3, 0.4) is 0 Å². The maximum absolute atomic E-state index is 13.4. The van der Waals surface area contributed by atoms with E-state index in [1.165, 1.54) is 24.3 Å². The number of nitrogens with one attached hydrogen (secondary N) is 1. The van der Waals surface area contributed by atoms with Crippen LogP contribution < -0.4 is 9.62 Å². The summed E-state index contributed by atoms with van der Waals surface area (Å²) in [6.07, 6.45) is 1.47. The van der Waals surface area contributed by atoms with E-state index in [0.717, 1.165) is 15.4 Å². The Kier molecular flexibility index (Phi) is 7.29. The summed E-state index contributed by atoms with van der Waals surface area (Å²) in [4.78, 5) is 12.8. The van der Waals surface area contributed by atoms with E-state index in [4.69, 9.17) is 23.2 Å². The van der Waals surface area contributed by atoms with Gasteiger partial charge in [-0.2, -0.15) is 0 Å². The van der Waals surface area contributed by atoms with Crippen LogP contribution >= 0.6 is 23.2 Å². The van der Waals surface area contributed by atoms with E-state index in [2.05, 4.69) is 11.9 Å². The van der Waals surface area contributed by atoms with E-state index < -0.39 is 15.9 Å². The van der Waals surface area contributed by atoms with Crippen LogP contribution in [-0.2, 0) is 10.0 Å². The summed E-state index contributed by atoms with van der Waals surface area (Å²) < 4.78 is 28.0. The highest BCUT2D eigenvalue weighted by Gasteiger charge is 2.26. The van der Waals surface area contributed by atoms with Crippen molar-refractivity contribution in [2.45, 2.75) is 18.7 Å². The first-order valence-electron chi connectivity index (χ1n) is 9.71. The van der Waals surface area contributed by atoms with E-state index >= 15 is 0 Å². The summed E-state index contributed by atoms with van der Waals surface area (Å²) >= 11 is 12.5. The van der Waals surface area contributed by atoms with Crippen molar-refractivity contribution in [2.24, 2.45) is 0 Å². The number of halogens is 2. The number of nitrogens with zero attached hydrogens (tertiary/aromatic N) is 1. The zero-order valence-electron chi connectivity index (χ0n) is 17.6. The highest BCUT2D eigenvalue weighted by molar-refractivity contribution is 7.92. The number of aryl methyl sites for hydroxylation is 2. The Morgan fingerprint density at radius 2 is 1.75 bits per heavy atom. The van der Waals surface area contributed by atoms with Crippen LogP contribution in [0.25, 0.3) is 0 Å². The predicted molar refractivity (Wildman–Crippen MR) is 132 cm³/mol. The van der Waals surface area contributed by atoms with Gasteiger partial charge in [0.05, 0.1) is 32.9 Å². The predicted octanol–water partition coefficient (Wildman–Crippen LogP) is 6.24. The van der Waals surface area contributed by atoms with Crippen molar-refractivity contribution in [3.05, 3.63) is 100 Å². The molecule has 0 saturated carbocycles. The van der Waals surface area contributed by atoms with Crippen molar-refractivity contribution in [1.82, 2.24) is 0 Å². The molecule has 32 heavy (non-hydrogen) atoms. The molecule has 0 aliphatic rings. The smallest absolute Gasteiger partial charge is 0.264 e. The van der Waals surface area contributed by atoms with Gasteiger partial charge in [-0.25, -0.2) is 8.42 Å². The lowest BCUT2D eigenvalue weighted by atomic mass is 10.1. The van der Waals surface area contributed by atoms with Crippen LogP contribution in [0.5, 0.6) is 0 Å². The monoisotopic (exact) mass is 488 g/mol. The highest BCUT2D eigenvalue weighted by Crippen LogP contribution is 2.31. The Morgan fingerprint density at radius 3 is 2.41 bits per heavy atom. The van der Waals surface area contributed by atoms with Crippen molar-refractivity contribution in [2.75, 3.05) is 16.2 Å². The Morgan fingerprint density at radius 1 is 1.03 bits per heavy atom. The molecule has 1 N–H and O–H groups in total. The van der Waals surface area contributed by atoms with E-state index in [1.54, 1.807) is 36.4 Å². The second kappa shape index (κ2) is 9.77. The molecule has 0 aromatic heterocycles. The lowest BCUT2D eigenvalue weighted by molar-refractivity contribution is 0.102. The fourth-order valence-electron chi connectivity index (χ4n) is 3.28. The molecular formula is C24H22Cl2N2O3S. The van der Waals surface area contributed by atoms with Gasteiger partial charge in [-0.3, -0.25) is 9.10 Å². The van der Waals surface area contributed by atoms with Crippen LogP contribution in [0.1, 0.15) is 21.5 Å². The lowest BCUT2D eigenvalue weighted by Crippen LogP contribution is -2.31. The van der Waals surface area contributed by atoms with Crippen molar-refractivity contribution in [3.8, 4) is 0 Å². The first-order valence-corrected chi connectivity index (χ1v) is 11.9. The molecule has 0 aliphatic heterocycles. The molecule has 0 bridgehead atoms. The zero-order valence-corrected chi connectivity index (χ0v) is 19.9. The summed E-state index contributed by atoms with van der Waals surface area (Å²) in [6.45, 7) is 7.42. The van der Waals surface area contributed by atoms with E-state index in [9.17, 15) is 13.2 Å². The number of amides is 1. The summed E-state index contributed by atoms with van der Waals surface area (Å²) in [6, 6.07) is 16.1. The molecule has 0 atom stereocenters. The summed E-state index contributed by atoms with van der Waals surface area (Å²) in [7, 11) is -4.02. The Balaban J connectivity index is 1.98. The van der Waals surface area contributed by atoms with Gasteiger partial charge in [0, 0.05) is 5.56 Å². The van der Waals surface area contributed by atoms with Crippen LogP contribution in [0.15, 0.2) is 78.2 Å². The summed E-state index contributed by atoms with van der Waals surface area (Å²) in [5, 5.41) is 3.48. The van der Waals surface area contributed by atoms with Gasteiger partial charge >= 0.3 is 0 Å². The summed E-state index contributed by atoms with van der Waals surface area (Å²) in [5.74, 6) is -0.469. The van der Waals surface area contributed by atoms with Gasteiger partial charge in [-0.1, -0.05) is 53.5 Å². The number of benzene rings is 3. The molecule has 0 aliphatic carbocycles. The molecule has 3 rings (SSSR count). The number of carbonyl (C=O) groups is 1. The third-order valence-corrected chi connectivity index (χ3v) is 7.16. The second-order valence-corrected chi connectivity index (χ2v) is 9.87. The average Bonchev–Trinajstić information content (AvgIpc) is 2.75. The molecular weight excluding hydrogens is 467 g/mol. The highest BCUT2D eigenvalue weighted by atomic mass is 35.5. The average molecular weight is 489 g/mol. The Bertz CT molecular complexity index is 1270. The zero-order chi connectivity index (χ0) is 23.5. The van der Waals surface area contributed by atoms with Gasteiger partial charge in [0.15, 0.2) is 0 Å². The Hall–Kier alpha value is -2.80. The molecule has 1 amide bonds. The molecule has 0 heterocycles. The topological polar surface area (TPSA) is 66.5 Å². The first-order chi connectivity index (χ1) is 15.1. The van der Waals surface area contributed by atoms with Crippen LogP contribution in [0, 0.1) is 13.8 Å². The lowest BCUT2D eigenvalue weighted by Gasteiger charge is -2.24. The van der Waals surface area contributed by atoms with Crippen LogP contribution in [0.2, 0.25) is 10.0 Å². The fraction of sp³-hybridized carbons (Fsp3) is 0.125. The quantitative estimate of drug-likeness (QED) is 0.400. The largest absolute Gasteiger partial charge is 0.320 e. The van der Waals surface area contributed by atoms with Crippen molar-refractivity contribution in [3.63, 3.8) is 0 Å². The minimum absolute atomic E-state index is 0.0145. The normalized spacial score (nSPS) is 11.1. The number of carbonyl (C=O) groups excluding carboxylic acids is 1. The summed E-state index contributed by atoms with van der Waals surface area (Å²) in [5.41, 5.74) is 2.77. The van der Waals surface area contributed by atoms with Gasteiger partial charge in [0.2, 0.25) is 0 Å². The Labute approximate surface area is 198 Å². The number of hydrogen-bond donors (Lipinski definition) is 1. The van der Waals surface area contributed by atoms with Gasteiger partial charge in [-0.05, 0) is 61.4 Å². The maximum Gasteiger partial charge on any atom is 0.264 e. The number of sulfonamides is 1. The molecule has 8 heteroatoms. The molecule has 166 valence electrons. The standard InChI is InChI=1S/C24H22Cl2N2O3S/c1-4-12-28(22-11-6-5-10-20(22)25)32(30,31)19-9-7-8-18(15-19)24(29)27-23-17(3)13-16(2)14-21(23)26/h4-11,13-15H,1,12H2,2-3H3,(H,27,29). The number of rotatable bonds is 7. The number of para-hydroxylation sites is 1. The molecule has 0 spiro atoms. The van der Waals surface area contributed by atoms with Gasteiger partial charge in [-0.15, -0.1) is 6.58 Å². The molecule has 3 aromatic carbocycles. The molecule has 0 unspecified atom stereocenters.